The highest BCUT2D eigenvalue weighted by molar-refractivity contribution is 5.85. The molecule has 0 aromatic heterocycles. The zero-order valence-corrected chi connectivity index (χ0v) is 10.0. The maximum Gasteiger partial charge on any atom is 0.241 e. The third-order valence-corrected chi connectivity index (χ3v) is 2.09. The normalized spacial score (nSPS) is 9.87. The van der Waals surface area contributed by atoms with Crippen molar-refractivity contribution in [3.8, 4) is 0 Å². The third kappa shape index (κ3) is 5.37. The molecular formula is C10H21N3O2. The van der Waals surface area contributed by atoms with E-state index in [1.165, 1.54) is 4.90 Å². The van der Waals surface area contributed by atoms with E-state index in [-0.39, 0.29) is 18.4 Å². The average Bonchev–Trinajstić information content (AvgIpc) is 2.21. The second-order valence-electron chi connectivity index (χ2n) is 3.48. The van der Waals surface area contributed by atoms with Crippen LogP contribution in [0.5, 0.6) is 0 Å². The lowest BCUT2D eigenvalue weighted by Crippen LogP contribution is -2.43. The van der Waals surface area contributed by atoms with Crippen molar-refractivity contribution in [2.75, 3.05) is 40.3 Å². The van der Waals surface area contributed by atoms with Crippen LogP contribution in [0.15, 0.2) is 0 Å². The zero-order valence-electron chi connectivity index (χ0n) is 10.0. The van der Waals surface area contributed by atoms with E-state index in [1.807, 2.05) is 13.8 Å². The molecule has 0 spiro atoms. The highest BCUT2D eigenvalue weighted by Crippen LogP contribution is 1.91. The molecule has 0 atom stereocenters. The van der Waals surface area contributed by atoms with Gasteiger partial charge in [-0.2, -0.15) is 0 Å². The Morgan fingerprint density at radius 3 is 2.13 bits per heavy atom. The number of nitrogens with one attached hydrogen (secondary N) is 1. The van der Waals surface area contributed by atoms with Gasteiger partial charge in [0.25, 0.3) is 0 Å². The number of carbonyl (C=O) groups excluding carboxylic acids is 2. The molecule has 0 aliphatic carbocycles. The average molecular weight is 215 g/mol. The van der Waals surface area contributed by atoms with E-state index in [1.54, 1.807) is 19.0 Å². The van der Waals surface area contributed by atoms with Gasteiger partial charge in [-0.15, -0.1) is 0 Å². The second-order valence-corrected chi connectivity index (χ2v) is 3.48. The number of amides is 2. The molecule has 1 N–H and O–H groups in total. The Morgan fingerprint density at radius 2 is 1.73 bits per heavy atom. The number of likely N-dealkylation sites (N-methyl/N-ethyl adjacent to an activating group) is 3. The number of hydrogen-bond acceptors (Lipinski definition) is 3. The van der Waals surface area contributed by atoms with Crippen LogP contribution in [0.2, 0.25) is 0 Å². The summed E-state index contributed by atoms with van der Waals surface area (Å²) in [4.78, 5) is 26.0. The van der Waals surface area contributed by atoms with E-state index < -0.39 is 0 Å². The van der Waals surface area contributed by atoms with Gasteiger partial charge in [0.1, 0.15) is 0 Å². The van der Waals surface area contributed by atoms with Gasteiger partial charge in [0, 0.05) is 20.6 Å². The van der Waals surface area contributed by atoms with E-state index in [0.29, 0.717) is 13.1 Å². The minimum Gasteiger partial charge on any atom is -0.347 e. The van der Waals surface area contributed by atoms with Gasteiger partial charge in [0.15, 0.2) is 0 Å². The molecular weight excluding hydrogens is 194 g/mol. The molecule has 0 rings (SSSR count). The quantitative estimate of drug-likeness (QED) is 0.652. The van der Waals surface area contributed by atoms with Crippen molar-refractivity contribution >= 4 is 11.8 Å². The maximum absolute atomic E-state index is 11.6. The van der Waals surface area contributed by atoms with Crippen molar-refractivity contribution in [1.29, 1.82) is 0 Å². The van der Waals surface area contributed by atoms with E-state index in [4.69, 9.17) is 0 Å². The number of rotatable bonds is 6. The van der Waals surface area contributed by atoms with Gasteiger partial charge in [-0.05, 0) is 13.5 Å². The van der Waals surface area contributed by atoms with Gasteiger partial charge in [-0.1, -0.05) is 6.92 Å². The number of carbonyl (C=O) groups is 2. The Labute approximate surface area is 91.4 Å². The van der Waals surface area contributed by atoms with Crippen LogP contribution >= 0.6 is 0 Å². The molecule has 0 saturated carbocycles. The van der Waals surface area contributed by atoms with Crippen LogP contribution in [0.3, 0.4) is 0 Å². The molecule has 0 heterocycles. The van der Waals surface area contributed by atoms with Crippen molar-refractivity contribution < 1.29 is 9.59 Å². The summed E-state index contributed by atoms with van der Waals surface area (Å²) in [5.41, 5.74) is 0. The summed E-state index contributed by atoms with van der Waals surface area (Å²) < 4.78 is 0. The lowest BCUT2D eigenvalue weighted by molar-refractivity contribution is -0.138. The van der Waals surface area contributed by atoms with Crippen LogP contribution < -0.4 is 5.32 Å². The number of hydrogen-bond donors (Lipinski definition) is 1. The van der Waals surface area contributed by atoms with Crippen LogP contribution in [-0.2, 0) is 9.59 Å². The Balaban J connectivity index is 4.12. The molecule has 0 unspecified atom stereocenters. The molecule has 15 heavy (non-hydrogen) atoms. The molecule has 0 aliphatic heterocycles. The maximum atomic E-state index is 11.6. The SMILES string of the molecule is CCNCC(=O)N(CC)CC(=O)N(C)C. The first-order valence-electron chi connectivity index (χ1n) is 5.21. The van der Waals surface area contributed by atoms with Gasteiger partial charge >= 0.3 is 0 Å². The molecule has 0 bridgehead atoms. The second kappa shape index (κ2) is 7.23. The number of nitrogens with zero attached hydrogens (tertiary/aromatic N) is 2. The Kier molecular flexibility index (Phi) is 6.70. The molecule has 88 valence electrons. The molecule has 0 radical (unpaired) electrons. The molecule has 0 saturated heterocycles. The van der Waals surface area contributed by atoms with Crippen LogP contribution in [0.1, 0.15) is 13.8 Å². The summed E-state index contributed by atoms with van der Waals surface area (Å²) in [6.45, 7) is 5.58. The standard InChI is InChI=1S/C10H21N3O2/c1-5-11-7-9(14)13(6-2)8-10(15)12(3)4/h11H,5-8H2,1-4H3. The fourth-order valence-corrected chi connectivity index (χ4v) is 1.02. The third-order valence-electron chi connectivity index (χ3n) is 2.09. The molecule has 0 aromatic rings. The van der Waals surface area contributed by atoms with Gasteiger partial charge in [-0.25, -0.2) is 0 Å². The van der Waals surface area contributed by atoms with Crippen molar-refractivity contribution in [2.24, 2.45) is 0 Å². The largest absolute Gasteiger partial charge is 0.347 e. The predicted octanol–water partition coefficient (Wildman–Crippen LogP) is -0.467. The minimum absolute atomic E-state index is 0.0328. The molecule has 5 heteroatoms. The summed E-state index contributed by atoms with van der Waals surface area (Å²) >= 11 is 0. The first kappa shape index (κ1) is 13.9. The van der Waals surface area contributed by atoms with Gasteiger partial charge in [-0.3, -0.25) is 9.59 Å². The summed E-state index contributed by atoms with van der Waals surface area (Å²) in [6.07, 6.45) is 0. The minimum atomic E-state index is -0.0540. The zero-order chi connectivity index (χ0) is 11.8. The molecule has 0 fully saturated rings. The molecule has 0 aliphatic rings. The van der Waals surface area contributed by atoms with E-state index in [9.17, 15) is 9.59 Å². The molecule has 5 nitrogen and oxygen atoms in total. The first-order chi connectivity index (χ1) is 7.02. The monoisotopic (exact) mass is 215 g/mol. The van der Waals surface area contributed by atoms with Crippen LogP contribution in [-0.4, -0.2) is 61.9 Å². The van der Waals surface area contributed by atoms with Gasteiger partial charge in [0.2, 0.25) is 11.8 Å². The van der Waals surface area contributed by atoms with E-state index in [0.717, 1.165) is 6.54 Å². The Hall–Kier alpha value is -1.10. The summed E-state index contributed by atoms with van der Waals surface area (Å²) in [6, 6.07) is 0. The summed E-state index contributed by atoms with van der Waals surface area (Å²) in [5.74, 6) is -0.0868. The predicted molar refractivity (Wildman–Crippen MR) is 59.5 cm³/mol. The van der Waals surface area contributed by atoms with Gasteiger partial charge < -0.3 is 15.1 Å². The highest BCUT2D eigenvalue weighted by atomic mass is 16.2. The Morgan fingerprint density at radius 1 is 1.13 bits per heavy atom. The van der Waals surface area contributed by atoms with Crippen LogP contribution in [0.4, 0.5) is 0 Å². The van der Waals surface area contributed by atoms with E-state index in [2.05, 4.69) is 5.32 Å². The topological polar surface area (TPSA) is 52.7 Å². The van der Waals surface area contributed by atoms with E-state index >= 15 is 0 Å². The smallest absolute Gasteiger partial charge is 0.241 e. The van der Waals surface area contributed by atoms with Crippen molar-refractivity contribution in [1.82, 2.24) is 15.1 Å². The highest BCUT2D eigenvalue weighted by Gasteiger charge is 2.15. The van der Waals surface area contributed by atoms with Crippen molar-refractivity contribution in [3.63, 3.8) is 0 Å². The molecule has 0 aromatic carbocycles. The summed E-state index contributed by atoms with van der Waals surface area (Å²) in [7, 11) is 3.37. The fraction of sp³-hybridized carbons (Fsp3) is 0.800. The fourth-order valence-electron chi connectivity index (χ4n) is 1.02. The lowest BCUT2D eigenvalue weighted by atomic mass is 10.4. The first-order valence-corrected chi connectivity index (χ1v) is 5.21. The molecule has 2 amide bonds. The summed E-state index contributed by atoms with van der Waals surface area (Å²) in [5, 5.41) is 2.95. The van der Waals surface area contributed by atoms with Crippen molar-refractivity contribution in [2.45, 2.75) is 13.8 Å². The van der Waals surface area contributed by atoms with Gasteiger partial charge in [0.05, 0.1) is 13.1 Å². The van der Waals surface area contributed by atoms with Crippen LogP contribution in [0, 0.1) is 0 Å². The van der Waals surface area contributed by atoms with Crippen LogP contribution in [0.25, 0.3) is 0 Å². The van der Waals surface area contributed by atoms with Crippen molar-refractivity contribution in [3.05, 3.63) is 0 Å². The lowest BCUT2D eigenvalue weighted by Gasteiger charge is -2.22. The Bertz CT molecular complexity index is 217.